The number of carboxylic acids is 1. The highest BCUT2D eigenvalue weighted by atomic mass is 32.1. The van der Waals surface area contributed by atoms with Crippen molar-refractivity contribution in [2.24, 2.45) is 11.3 Å². The summed E-state index contributed by atoms with van der Waals surface area (Å²) in [5.41, 5.74) is -0.821. The van der Waals surface area contributed by atoms with E-state index in [1.807, 2.05) is 0 Å². The summed E-state index contributed by atoms with van der Waals surface area (Å²) in [6.45, 7) is 4.92. The summed E-state index contributed by atoms with van der Waals surface area (Å²) in [7, 11) is 0. The van der Waals surface area contributed by atoms with Gasteiger partial charge in [-0.3, -0.25) is 14.5 Å². The van der Waals surface area contributed by atoms with Crippen LogP contribution in [0, 0.1) is 11.3 Å². The van der Waals surface area contributed by atoms with E-state index < -0.39 is 11.4 Å². The van der Waals surface area contributed by atoms with Crippen LogP contribution < -0.4 is 5.32 Å². The molecule has 1 amide bonds. The van der Waals surface area contributed by atoms with Gasteiger partial charge in [0.1, 0.15) is 15.3 Å². The molecule has 3 fully saturated rings. The molecule has 0 radical (unpaired) electrons. The van der Waals surface area contributed by atoms with Gasteiger partial charge in [0.15, 0.2) is 0 Å². The number of fused-ring (bicyclic) bond motifs is 1. The zero-order chi connectivity index (χ0) is 16.7. The molecule has 0 aromatic carbocycles. The van der Waals surface area contributed by atoms with Gasteiger partial charge in [-0.05, 0) is 25.9 Å². The van der Waals surface area contributed by atoms with E-state index in [4.69, 9.17) is 0 Å². The Bertz CT molecular complexity index is 658. The standard InChI is InChI=1S/C16H22N4O3S/c21-14(12-6-18-13(24-12)8-19-3-1-2-4-19)20-7-11-5-17-9-16(11,10-20)15(22)23/h6,11,17H,1-5,7-10H2,(H,22,23)/t11-,16-/m1/s1. The fourth-order valence-electron chi connectivity index (χ4n) is 4.15. The van der Waals surface area contributed by atoms with Crippen molar-refractivity contribution in [2.45, 2.75) is 19.4 Å². The molecule has 0 bridgehead atoms. The molecule has 24 heavy (non-hydrogen) atoms. The minimum Gasteiger partial charge on any atom is -0.481 e. The molecule has 7 nitrogen and oxygen atoms in total. The molecular formula is C16H22N4O3S. The summed E-state index contributed by atoms with van der Waals surface area (Å²) in [6, 6.07) is 0. The summed E-state index contributed by atoms with van der Waals surface area (Å²) in [5, 5.41) is 13.7. The first kappa shape index (κ1) is 16.0. The Kier molecular flexibility index (Phi) is 4.06. The molecular weight excluding hydrogens is 328 g/mol. The van der Waals surface area contributed by atoms with Gasteiger partial charge in [0, 0.05) is 32.1 Å². The normalized spacial score (nSPS) is 30.0. The maximum absolute atomic E-state index is 12.8. The van der Waals surface area contributed by atoms with Gasteiger partial charge >= 0.3 is 5.97 Å². The first-order valence-electron chi connectivity index (χ1n) is 8.49. The summed E-state index contributed by atoms with van der Waals surface area (Å²) < 4.78 is 0. The zero-order valence-electron chi connectivity index (χ0n) is 13.5. The van der Waals surface area contributed by atoms with Gasteiger partial charge in [-0.1, -0.05) is 0 Å². The van der Waals surface area contributed by atoms with E-state index in [-0.39, 0.29) is 18.4 Å². The summed E-state index contributed by atoms with van der Waals surface area (Å²) in [4.78, 5) is 33.6. The summed E-state index contributed by atoms with van der Waals surface area (Å²) in [6.07, 6.45) is 4.12. The van der Waals surface area contributed by atoms with Crippen molar-refractivity contribution in [1.82, 2.24) is 20.1 Å². The Morgan fingerprint density at radius 3 is 2.92 bits per heavy atom. The molecule has 4 heterocycles. The molecule has 2 atom stereocenters. The van der Waals surface area contributed by atoms with E-state index in [9.17, 15) is 14.7 Å². The number of aliphatic carboxylic acids is 1. The molecule has 0 spiro atoms. The molecule has 4 rings (SSSR count). The minimum absolute atomic E-state index is 0.00376. The molecule has 1 aromatic heterocycles. The average molecular weight is 350 g/mol. The number of nitrogens with zero attached hydrogens (tertiary/aromatic N) is 3. The van der Waals surface area contributed by atoms with E-state index in [0.29, 0.717) is 24.5 Å². The highest BCUT2D eigenvalue weighted by Gasteiger charge is 2.56. The van der Waals surface area contributed by atoms with Crippen molar-refractivity contribution in [3.8, 4) is 0 Å². The number of carbonyl (C=O) groups is 2. The van der Waals surface area contributed by atoms with Gasteiger partial charge in [-0.25, -0.2) is 4.98 Å². The second-order valence-electron chi connectivity index (χ2n) is 7.08. The van der Waals surface area contributed by atoms with Gasteiger partial charge in [-0.2, -0.15) is 0 Å². The van der Waals surface area contributed by atoms with Crippen molar-refractivity contribution in [2.75, 3.05) is 39.3 Å². The number of aromatic nitrogens is 1. The van der Waals surface area contributed by atoms with Crippen LogP contribution in [0.2, 0.25) is 0 Å². The average Bonchev–Trinajstić information content (AvgIpc) is 3.30. The van der Waals surface area contributed by atoms with Crippen LogP contribution in [-0.2, 0) is 11.3 Å². The Hall–Kier alpha value is -1.51. The van der Waals surface area contributed by atoms with Gasteiger partial charge < -0.3 is 15.3 Å². The van der Waals surface area contributed by atoms with E-state index in [1.54, 1.807) is 11.1 Å². The third-order valence-electron chi connectivity index (χ3n) is 5.56. The Balaban J connectivity index is 1.45. The van der Waals surface area contributed by atoms with Gasteiger partial charge in [0.25, 0.3) is 5.91 Å². The quantitative estimate of drug-likeness (QED) is 0.822. The smallest absolute Gasteiger partial charge is 0.313 e. The number of thiazole rings is 1. The van der Waals surface area contributed by atoms with Crippen molar-refractivity contribution in [1.29, 1.82) is 0 Å². The predicted octanol–water partition coefficient (Wildman–Crippen LogP) is 0.485. The Morgan fingerprint density at radius 1 is 1.42 bits per heavy atom. The summed E-state index contributed by atoms with van der Waals surface area (Å²) >= 11 is 1.44. The van der Waals surface area contributed by atoms with Crippen molar-refractivity contribution >= 4 is 23.2 Å². The van der Waals surface area contributed by atoms with E-state index >= 15 is 0 Å². The monoisotopic (exact) mass is 350 g/mol. The van der Waals surface area contributed by atoms with Gasteiger partial charge in [0.2, 0.25) is 0 Å². The maximum atomic E-state index is 12.8. The molecule has 8 heteroatoms. The van der Waals surface area contributed by atoms with Crippen LogP contribution in [0.1, 0.15) is 27.5 Å². The zero-order valence-corrected chi connectivity index (χ0v) is 14.3. The number of nitrogens with one attached hydrogen (secondary N) is 1. The number of amides is 1. The number of hydrogen-bond donors (Lipinski definition) is 2. The molecule has 0 aliphatic carbocycles. The molecule has 0 unspecified atom stereocenters. The minimum atomic E-state index is -0.821. The first-order valence-corrected chi connectivity index (χ1v) is 9.30. The lowest BCUT2D eigenvalue weighted by molar-refractivity contribution is -0.148. The number of likely N-dealkylation sites (tertiary alicyclic amines) is 2. The molecule has 1 aromatic rings. The molecule has 3 saturated heterocycles. The predicted molar refractivity (Wildman–Crippen MR) is 89.0 cm³/mol. The van der Waals surface area contributed by atoms with Gasteiger partial charge in [0.05, 0.1) is 12.7 Å². The third-order valence-corrected chi connectivity index (χ3v) is 6.53. The van der Waals surface area contributed by atoms with Crippen LogP contribution in [0.3, 0.4) is 0 Å². The number of carboxylic acid groups (broad SMARTS) is 1. The van der Waals surface area contributed by atoms with E-state index in [0.717, 1.165) is 24.6 Å². The van der Waals surface area contributed by atoms with Crippen LogP contribution in [0.4, 0.5) is 0 Å². The largest absolute Gasteiger partial charge is 0.481 e. The fourth-order valence-corrected chi connectivity index (χ4v) is 5.08. The van der Waals surface area contributed by atoms with Crippen molar-refractivity contribution in [3.63, 3.8) is 0 Å². The number of hydrogen-bond acceptors (Lipinski definition) is 6. The molecule has 0 saturated carbocycles. The number of rotatable bonds is 4. The van der Waals surface area contributed by atoms with E-state index in [2.05, 4.69) is 15.2 Å². The van der Waals surface area contributed by atoms with Crippen molar-refractivity contribution in [3.05, 3.63) is 16.1 Å². The molecule has 3 aliphatic heterocycles. The molecule has 130 valence electrons. The SMILES string of the molecule is O=C(c1cnc(CN2CCCC2)s1)N1C[C@H]2CNC[C@@]2(C(=O)O)C1. The summed E-state index contributed by atoms with van der Waals surface area (Å²) in [5.74, 6) is -0.877. The lowest BCUT2D eigenvalue weighted by atomic mass is 9.81. The van der Waals surface area contributed by atoms with Crippen LogP contribution in [-0.4, -0.2) is 71.0 Å². The van der Waals surface area contributed by atoms with Crippen LogP contribution in [0.25, 0.3) is 0 Å². The lowest BCUT2D eigenvalue weighted by Crippen LogP contribution is -2.41. The maximum Gasteiger partial charge on any atom is 0.313 e. The van der Waals surface area contributed by atoms with Crippen LogP contribution in [0.5, 0.6) is 0 Å². The second-order valence-corrected chi connectivity index (χ2v) is 8.19. The second kappa shape index (κ2) is 6.09. The Morgan fingerprint density at radius 2 is 2.21 bits per heavy atom. The third kappa shape index (κ3) is 2.62. The molecule has 3 aliphatic rings. The topological polar surface area (TPSA) is 85.8 Å². The van der Waals surface area contributed by atoms with E-state index in [1.165, 1.54) is 24.2 Å². The van der Waals surface area contributed by atoms with Crippen LogP contribution in [0.15, 0.2) is 6.20 Å². The highest BCUT2D eigenvalue weighted by Crippen LogP contribution is 2.40. The molecule has 2 N–H and O–H groups in total. The Labute approximate surface area is 144 Å². The van der Waals surface area contributed by atoms with Gasteiger partial charge in [-0.15, -0.1) is 11.3 Å². The highest BCUT2D eigenvalue weighted by molar-refractivity contribution is 7.13. The van der Waals surface area contributed by atoms with Crippen LogP contribution >= 0.6 is 11.3 Å². The first-order chi connectivity index (χ1) is 11.6. The fraction of sp³-hybridized carbons (Fsp3) is 0.688. The lowest BCUT2D eigenvalue weighted by Gasteiger charge is -2.22. The van der Waals surface area contributed by atoms with Crippen molar-refractivity contribution < 1.29 is 14.7 Å². The number of carbonyl (C=O) groups excluding carboxylic acids is 1.